The number of hydrogen-bond acceptors (Lipinski definition) is 6. The molecule has 168 valence electrons. The molecule has 0 aliphatic carbocycles. The third-order valence-electron chi connectivity index (χ3n) is 6.95. The van der Waals surface area contributed by atoms with E-state index in [2.05, 4.69) is 0 Å². The number of fused-ring (bicyclic) bond motifs is 3. The summed E-state index contributed by atoms with van der Waals surface area (Å²) in [4.78, 5) is 14.0. The highest BCUT2D eigenvalue weighted by Crippen LogP contribution is 2.41. The highest BCUT2D eigenvalue weighted by molar-refractivity contribution is 7.10. The molecule has 0 spiro atoms. The van der Waals surface area contributed by atoms with E-state index in [0.717, 1.165) is 44.6 Å². The lowest BCUT2D eigenvalue weighted by molar-refractivity contribution is -0.984. The van der Waals surface area contributed by atoms with Crippen molar-refractivity contribution in [2.45, 2.75) is 31.1 Å². The fourth-order valence-corrected chi connectivity index (χ4v) is 5.87. The Balaban J connectivity index is 1.35. The maximum atomic E-state index is 13.5. The van der Waals surface area contributed by atoms with E-state index < -0.39 is 11.6 Å². The van der Waals surface area contributed by atoms with Gasteiger partial charge in [0.25, 0.3) is 5.60 Å². The summed E-state index contributed by atoms with van der Waals surface area (Å²) in [6, 6.07) is 16.6. The summed E-state index contributed by atoms with van der Waals surface area (Å²) in [5, 5.41) is 13.4. The van der Waals surface area contributed by atoms with E-state index in [1.165, 1.54) is 17.6 Å². The smallest absolute Gasteiger partial charge is 0.356 e. The molecule has 32 heavy (non-hydrogen) atoms. The molecule has 7 heteroatoms. The zero-order valence-electron chi connectivity index (χ0n) is 17.9. The molecule has 5 heterocycles. The van der Waals surface area contributed by atoms with Crippen LogP contribution < -0.4 is 4.74 Å². The van der Waals surface area contributed by atoms with Crippen LogP contribution in [-0.4, -0.2) is 48.0 Å². The maximum absolute atomic E-state index is 13.5. The summed E-state index contributed by atoms with van der Waals surface area (Å²) in [6.45, 7) is 3.23. The first-order chi connectivity index (χ1) is 15.6. The SMILES string of the molecule is O=C(O[C@@H]1CC2CC[N+]1(CCOc1ccccc1)CC2)C(O)(c1ccco1)c1cccs1. The highest BCUT2D eigenvalue weighted by atomic mass is 32.1. The van der Waals surface area contributed by atoms with Crippen LogP contribution in [0.5, 0.6) is 5.75 Å². The normalized spacial score (nSPS) is 26.4. The van der Waals surface area contributed by atoms with Gasteiger partial charge in [-0.2, -0.15) is 0 Å². The van der Waals surface area contributed by atoms with Gasteiger partial charge in [-0.05, 0) is 41.6 Å². The van der Waals surface area contributed by atoms with Gasteiger partial charge in [0.1, 0.15) is 18.9 Å². The molecule has 6 nitrogen and oxygen atoms in total. The predicted molar refractivity (Wildman–Crippen MR) is 120 cm³/mol. The molecule has 2 bridgehead atoms. The lowest BCUT2D eigenvalue weighted by Crippen LogP contribution is -2.66. The van der Waals surface area contributed by atoms with Crippen molar-refractivity contribution in [2.75, 3.05) is 26.2 Å². The Labute approximate surface area is 191 Å². The number of ether oxygens (including phenoxy) is 2. The minimum absolute atomic E-state index is 0.180. The molecule has 0 radical (unpaired) electrons. The van der Waals surface area contributed by atoms with Gasteiger partial charge in [-0.15, -0.1) is 11.3 Å². The van der Waals surface area contributed by atoms with Gasteiger partial charge in [-0.3, -0.25) is 4.48 Å². The Morgan fingerprint density at radius 1 is 1.12 bits per heavy atom. The second kappa shape index (κ2) is 8.73. The van der Waals surface area contributed by atoms with Gasteiger partial charge in [0.2, 0.25) is 6.23 Å². The molecule has 3 fully saturated rings. The van der Waals surface area contributed by atoms with E-state index in [-0.39, 0.29) is 12.0 Å². The maximum Gasteiger partial charge on any atom is 0.356 e. The molecule has 1 aromatic carbocycles. The van der Waals surface area contributed by atoms with E-state index in [1.54, 1.807) is 18.2 Å². The van der Waals surface area contributed by atoms with Crippen LogP contribution >= 0.6 is 11.3 Å². The molecule has 3 aliphatic heterocycles. The number of rotatable bonds is 8. The van der Waals surface area contributed by atoms with Gasteiger partial charge >= 0.3 is 5.97 Å². The number of carbonyl (C=O) groups excluding carboxylic acids is 1. The minimum Gasteiger partial charge on any atom is -0.488 e. The number of para-hydroxylation sites is 1. The topological polar surface area (TPSA) is 68.9 Å². The Morgan fingerprint density at radius 3 is 2.62 bits per heavy atom. The fourth-order valence-electron chi connectivity index (χ4n) is 5.06. The molecule has 2 aromatic heterocycles. The van der Waals surface area contributed by atoms with Gasteiger partial charge < -0.3 is 19.0 Å². The number of piperidine rings is 3. The van der Waals surface area contributed by atoms with Gasteiger partial charge in [-0.25, -0.2) is 4.79 Å². The Hall–Kier alpha value is -2.61. The fraction of sp³-hybridized carbons (Fsp3) is 0.400. The molecule has 3 aliphatic rings. The average molecular weight is 455 g/mol. The molecule has 0 saturated carbocycles. The molecule has 3 saturated heterocycles. The Bertz CT molecular complexity index is 976. The third kappa shape index (κ3) is 3.85. The lowest BCUT2D eigenvalue weighted by atomic mass is 9.84. The van der Waals surface area contributed by atoms with Crippen molar-refractivity contribution in [3.8, 4) is 5.75 Å². The second-order valence-electron chi connectivity index (χ2n) is 8.75. The van der Waals surface area contributed by atoms with Crippen molar-refractivity contribution in [2.24, 2.45) is 5.92 Å². The molecule has 0 amide bonds. The van der Waals surface area contributed by atoms with Crippen molar-refractivity contribution in [3.63, 3.8) is 0 Å². The van der Waals surface area contributed by atoms with Gasteiger partial charge in [0.15, 0.2) is 5.76 Å². The van der Waals surface area contributed by atoms with Crippen LogP contribution in [0.25, 0.3) is 0 Å². The summed E-state index contributed by atoms with van der Waals surface area (Å²) in [5.74, 6) is 0.908. The number of thiophene rings is 1. The van der Waals surface area contributed by atoms with Crippen LogP contribution in [-0.2, 0) is 15.1 Å². The van der Waals surface area contributed by atoms with E-state index >= 15 is 0 Å². The van der Waals surface area contributed by atoms with Crippen LogP contribution in [0.3, 0.4) is 0 Å². The first-order valence-electron chi connectivity index (χ1n) is 11.2. The summed E-state index contributed by atoms with van der Waals surface area (Å²) in [7, 11) is 0. The molecule has 3 aromatic rings. The summed E-state index contributed by atoms with van der Waals surface area (Å²) in [5.41, 5.74) is -1.94. The van der Waals surface area contributed by atoms with Crippen LogP contribution in [0.15, 0.2) is 70.7 Å². The van der Waals surface area contributed by atoms with Crippen LogP contribution in [0, 0.1) is 5.92 Å². The van der Waals surface area contributed by atoms with Crippen molar-refractivity contribution >= 4 is 17.3 Å². The van der Waals surface area contributed by atoms with Gasteiger partial charge in [0, 0.05) is 19.3 Å². The second-order valence-corrected chi connectivity index (χ2v) is 9.70. The number of quaternary nitrogens is 1. The number of nitrogens with zero attached hydrogens (tertiary/aromatic N) is 1. The van der Waals surface area contributed by atoms with Crippen molar-refractivity contribution in [1.82, 2.24) is 0 Å². The third-order valence-corrected chi connectivity index (χ3v) is 7.93. The largest absolute Gasteiger partial charge is 0.488 e. The number of benzene rings is 1. The van der Waals surface area contributed by atoms with Crippen molar-refractivity contribution in [1.29, 1.82) is 0 Å². The van der Waals surface area contributed by atoms with Crippen molar-refractivity contribution in [3.05, 3.63) is 76.9 Å². The molecular formula is C25H28NO5S+. The number of esters is 1. The number of furan rings is 1. The van der Waals surface area contributed by atoms with Crippen LogP contribution in [0.2, 0.25) is 0 Å². The molecule has 1 N–H and O–H groups in total. The number of carbonyl (C=O) groups is 1. The average Bonchev–Trinajstić information content (AvgIpc) is 3.55. The Morgan fingerprint density at radius 2 is 1.94 bits per heavy atom. The molecule has 1 unspecified atom stereocenters. The van der Waals surface area contributed by atoms with Crippen LogP contribution in [0.1, 0.15) is 29.9 Å². The van der Waals surface area contributed by atoms with Crippen LogP contribution in [0.4, 0.5) is 0 Å². The minimum atomic E-state index is -1.94. The molecule has 6 rings (SSSR count). The number of aliphatic hydroxyl groups is 1. The summed E-state index contributed by atoms with van der Waals surface area (Å²) in [6.07, 6.45) is 4.24. The van der Waals surface area contributed by atoms with Gasteiger partial charge in [0.05, 0.1) is 24.2 Å². The van der Waals surface area contributed by atoms with E-state index in [1.807, 2.05) is 41.8 Å². The van der Waals surface area contributed by atoms with E-state index in [4.69, 9.17) is 13.9 Å². The standard InChI is InChI=1S/C25H28NO5S/c27-24(25(28,21-8-4-15-30-21)22-9-5-17-32-22)31-23-18-19-10-12-26(23,13-11-19)14-16-29-20-6-2-1-3-7-20/h1-9,15,17,19,23,28H,10-14,16,18H2/q+1/t19?,23-,25?,26?/m1/s1. The summed E-state index contributed by atoms with van der Waals surface area (Å²) >= 11 is 1.31. The summed E-state index contributed by atoms with van der Waals surface area (Å²) < 4.78 is 18.2. The predicted octanol–water partition coefficient (Wildman–Crippen LogP) is 4.16. The van der Waals surface area contributed by atoms with Gasteiger partial charge in [-0.1, -0.05) is 24.3 Å². The van der Waals surface area contributed by atoms with Crippen molar-refractivity contribution < 1.29 is 28.3 Å². The van der Waals surface area contributed by atoms with E-state index in [9.17, 15) is 9.90 Å². The monoisotopic (exact) mass is 454 g/mol. The number of hydrogen-bond donors (Lipinski definition) is 1. The quantitative estimate of drug-likeness (QED) is 0.409. The van der Waals surface area contributed by atoms with E-state index in [0.29, 0.717) is 21.9 Å². The zero-order valence-corrected chi connectivity index (χ0v) is 18.7. The molecule has 2 atom stereocenters. The zero-order chi connectivity index (χ0) is 22.0. The first kappa shape index (κ1) is 21.2. The Kier molecular flexibility index (Phi) is 5.80. The lowest BCUT2D eigenvalue weighted by Gasteiger charge is -2.53. The molecular weight excluding hydrogens is 426 g/mol. The first-order valence-corrected chi connectivity index (χ1v) is 12.0. The highest BCUT2D eigenvalue weighted by Gasteiger charge is 2.53.